The topological polar surface area (TPSA) is 98.7 Å². The first-order valence-corrected chi connectivity index (χ1v) is 10.5. The number of benzene rings is 1. The smallest absolute Gasteiger partial charge is 0.266 e. The summed E-state index contributed by atoms with van der Waals surface area (Å²) in [6, 6.07) is 8.77. The van der Waals surface area contributed by atoms with Gasteiger partial charge in [-0.1, -0.05) is 11.6 Å². The normalized spacial score (nSPS) is 11.2. The summed E-state index contributed by atoms with van der Waals surface area (Å²) in [7, 11) is 0. The van der Waals surface area contributed by atoms with Crippen LogP contribution in [0.2, 0.25) is 5.02 Å². The van der Waals surface area contributed by atoms with Crippen LogP contribution in [0.25, 0.3) is 27.5 Å². The lowest BCUT2D eigenvalue weighted by atomic mass is 10.1. The second-order valence-corrected chi connectivity index (χ2v) is 8.24. The van der Waals surface area contributed by atoms with Crippen LogP contribution in [-0.4, -0.2) is 30.6 Å². The number of carbonyl (C=O) groups excluding carboxylic acids is 1. The molecular formula is C21H15ClN6O2S. The van der Waals surface area contributed by atoms with Gasteiger partial charge in [0.15, 0.2) is 11.6 Å². The van der Waals surface area contributed by atoms with Crippen molar-refractivity contribution in [1.82, 2.24) is 24.7 Å². The number of nitrogens with one attached hydrogen (secondary N) is 1. The Hall–Kier alpha value is -3.56. The molecule has 0 radical (unpaired) electrons. The summed E-state index contributed by atoms with van der Waals surface area (Å²) in [4.78, 5) is 27.6. The Kier molecular flexibility index (Phi) is 4.76. The summed E-state index contributed by atoms with van der Waals surface area (Å²) in [5, 5.41) is 8.46. The number of amides is 1. The van der Waals surface area contributed by atoms with Crippen LogP contribution in [0.4, 0.5) is 5.69 Å². The van der Waals surface area contributed by atoms with Crippen LogP contribution in [0.3, 0.4) is 0 Å². The van der Waals surface area contributed by atoms with E-state index >= 15 is 0 Å². The van der Waals surface area contributed by atoms with Gasteiger partial charge in [-0.05, 0) is 49.7 Å². The predicted octanol–water partition coefficient (Wildman–Crippen LogP) is 5.05. The number of halogens is 1. The van der Waals surface area contributed by atoms with Crippen LogP contribution in [-0.2, 0) is 0 Å². The zero-order valence-corrected chi connectivity index (χ0v) is 18.0. The largest absolute Gasteiger partial charge is 0.461 e. The molecule has 4 aromatic heterocycles. The summed E-state index contributed by atoms with van der Waals surface area (Å²) in [6.07, 6.45) is 4.56. The maximum absolute atomic E-state index is 13.2. The zero-order chi connectivity index (χ0) is 21.5. The lowest BCUT2D eigenvalue weighted by molar-refractivity contribution is 0.103. The summed E-state index contributed by atoms with van der Waals surface area (Å²) in [5.74, 6) is 0.813. The van der Waals surface area contributed by atoms with Gasteiger partial charge in [0.05, 0.1) is 28.2 Å². The van der Waals surface area contributed by atoms with Crippen LogP contribution in [0.15, 0.2) is 53.7 Å². The van der Waals surface area contributed by atoms with Crippen LogP contribution in [0, 0.1) is 13.8 Å². The minimum absolute atomic E-state index is 0.261. The van der Waals surface area contributed by atoms with Crippen molar-refractivity contribution >= 4 is 44.7 Å². The fourth-order valence-electron chi connectivity index (χ4n) is 3.39. The van der Waals surface area contributed by atoms with E-state index in [2.05, 4.69) is 25.4 Å². The molecule has 0 atom stereocenters. The van der Waals surface area contributed by atoms with Gasteiger partial charge < -0.3 is 9.73 Å². The van der Waals surface area contributed by atoms with E-state index in [-0.39, 0.29) is 5.91 Å². The van der Waals surface area contributed by atoms with Crippen molar-refractivity contribution in [3.8, 4) is 17.3 Å². The summed E-state index contributed by atoms with van der Waals surface area (Å²) in [6.45, 7) is 3.80. The Morgan fingerprint density at radius 1 is 1.23 bits per heavy atom. The van der Waals surface area contributed by atoms with Gasteiger partial charge in [0.1, 0.15) is 17.5 Å². The van der Waals surface area contributed by atoms with E-state index in [1.807, 2.05) is 13.8 Å². The molecule has 8 nitrogen and oxygen atoms in total. The number of rotatable bonds is 4. The lowest BCUT2D eigenvalue weighted by Crippen LogP contribution is -2.13. The number of aryl methyl sites for hydroxylation is 2. The lowest BCUT2D eigenvalue weighted by Gasteiger charge is -2.11. The third-order valence-electron chi connectivity index (χ3n) is 4.79. The Balaban J connectivity index is 1.55. The third-order valence-corrected chi connectivity index (χ3v) is 6.21. The molecule has 0 unspecified atom stereocenters. The second-order valence-electron chi connectivity index (χ2n) is 6.80. The monoisotopic (exact) mass is 450 g/mol. The van der Waals surface area contributed by atoms with Gasteiger partial charge in [-0.2, -0.15) is 5.10 Å². The molecule has 1 N–H and O–H groups in total. The quantitative estimate of drug-likeness (QED) is 0.411. The van der Waals surface area contributed by atoms with E-state index in [0.717, 1.165) is 21.5 Å². The number of hydrogen-bond donors (Lipinski definition) is 1. The molecule has 0 saturated heterocycles. The minimum atomic E-state index is -0.261. The molecule has 4 heterocycles. The first-order valence-electron chi connectivity index (χ1n) is 9.29. The third kappa shape index (κ3) is 3.47. The summed E-state index contributed by atoms with van der Waals surface area (Å²) in [5.41, 5.74) is 2.80. The maximum Gasteiger partial charge on any atom is 0.266 e. The van der Waals surface area contributed by atoms with Gasteiger partial charge in [0.25, 0.3) is 5.91 Å². The second kappa shape index (κ2) is 7.60. The molecule has 0 bridgehead atoms. The molecule has 1 amide bonds. The van der Waals surface area contributed by atoms with Crippen molar-refractivity contribution in [3.05, 3.63) is 70.4 Å². The number of nitrogens with zero attached hydrogens (tertiary/aromatic N) is 5. The van der Waals surface area contributed by atoms with Crippen LogP contribution in [0.5, 0.6) is 0 Å². The molecule has 5 rings (SSSR count). The summed E-state index contributed by atoms with van der Waals surface area (Å²) >= 11 is 7.48. The SMILES string of the molecule is Cc1nc(-c2ccco2)nc2sc(C(=O)Nc3cc(Cl)ccc3-n3cncn3)c(C)c12. The number of thiophene rings is 1. The molecular weight excluding hydrogens is 436 g/mol. The van der Waals surface area contributed by atoms with Gasteiger partial charge in [0.2, 0.25) is 0 Å². The number of fused-ring (bicyclic) bond motifs is 1. The number of hydrogen-bond acceptors (Lipinski definition) is 7. The van der Waals surface area contributed by atoms with Crippen molar-refractivity contribution in [2.75, 3.05) is 5.32 Å². The van der Waals surface area contributed by atoms with Crippen molar-refractivity contribution < 1.29 is 9.21 Å². The molecule has 0 aliphatic rings. The number of carbonyl (C=O) groups is 1. The molecule has 154 valence electrons. The predicted molar refractivity (Wildman–Crippen MR) is 119 cm³/mol. The van der Waals surface area contributed by atoms with Gasteiger partial charge >= 0.3 is 0 Å². The molecule has 31 heavy (non-hydrogen) atoms. The van der Waals surface area contributed by atoms with Gasteiger partial charge in [-0.15, -0.1) is 11.3 Å². The minimum Gasteiger partial charge on any atom is -0.461 e. The van der Waals surface area contributed by atoms with E-state index in [0.29, 0.717) is 32.9 Å². The van der Waals surface area contributed by atoms with Crippen molar-refractivity contribution in [2.45, 2.75) is 13.8 Å². The fourth-order valence-corrected chi connectivity index (χ4v) is 4.69. The Labute approximate surface area is 185 Å². The molecule has 0 aliphatic carbocycles. The number of furan rings is 1. The Morgan fingerprint density at radius 2 is 2.10 bits per heavy atom. The maximum atomic E-state index is 13.2. The highest BCUT2D eigenvalue weighted by Gasteiger charge is 2.21. The molecule has 0 aliphatic heterocycles. The highest BCUT2D eigenvalue weighted by atomic mass is 35.5. The van der Waals surface area contributed by atoms with Crippen LogP contribution < -0.4 is 5.32 Å². The van der Waals surface area contributed by atoms with E-state index in [1.54, 1.807) is 47.6 Å². The van der Waals surface area contributed by atoms with Crippen molar-refractivity contribution in [2.24, 2.45) is 0 Å². The molecule has 0 fully saturated rings. The molecule has 0 saturated carbocycles. The molecule has 5 aromatic rings. The van der Waals surface area contributed by atoms with Gasteiger partial charge in [-0.3, -0.25) is 4.79 Å². The first-order chi connectivity index (χ1) is 15.0. The highest BCUT2D eigenvalue weighted by Crippen LogP contribution is 2.34. The average Bonchev–Trinajstić information content (AvgIpc) is 3.49. The molecule has 1 aromatic carbocycles. The first kappa shape index (κ1) is 19.4. The number of aromatic nitrogens is 5. The molecule has 10 heteroatoms. The Morgan fingerprint density at radius 3 is 2.84 bits per heavy atom. The fraction of sp³-hybridized carbons (Fsp3) is 0.0952. The average molecular weight is 451 g/mol. The summed E-state index contributed by atoms with van der Waals surface area (Å²) < 4.78 is 6.99. The van der Waals surface area contributed by atoms with Gasteiger partial charge in [-0.25, -0.2) is 19.6 Å². The zero-order valence-electron chi connectivity index (χ0n) is 16.5. The van der Waals surface area contributed by atoms with E-state index in [4.69, 9.17) is 16.0 Å². The molecule has 0 spiro atoms. The van der Waals surface area contributed by atoms with Crippen LogP contribution in [0.1, 0.15) is 20.9 Å². The standard InChI is InChI=1S/C21H15ClN6O2S/c1-11-17-12(2)25-19(16-4-3-7-30-16)27-21(17)31-18(11)20(29)26-14-8-13(22)5-6-15(14)28-10-23-9-24-28/h3-10H,1-2H3,(H,26,29). The van der Waals surface area contributed by atoms with E-state index in [9.17, 15) is 4.79 Å². The van der Waals surface area contributed by atoms with Crippen molar-refractivity contribution in [1.29, 1.82) is 0 Å². The van der Waals surface area contributed by atoms with Crippen LogP contribution >= 0.6 is 22.9 Å². The van der Waals surface area contributed by atoms with Crippen molar-refractivity contribution in [3.63, 3.8) is 0 Å². The van der Waals surface area contributed by atoms with Gasteiger partial charge in [0, 0.05) is 10.4 Å². The van der Waals surface area contributed by atoms with E-state index < -0.39 is 0 Å². The highest BCUT2D eigenvalue weighted by molar-refractivity contribution is 7.20. The van der Waals surface area contributed by atoms with E-state index in [1.165, 1.54) is 17.7 Å². The number of anilines is 1. The Bertz CT molecular complexity index is 1410.